The van der Waals surface area contributed by atoms with Crippen molar-refractivity contribution in [1.29, 1.82) is 0 Å². The number of halogens is 1. The molecule has 124 valence electrons. The molecule has 0 atom stereocenters. The molecule has 0 fully saturated rings. The fourth-order valence-corrected chi connectivity index (χ4v) is 2.32. The number of carbonyl (C=O) groups excluding carboxylic acids is 1. The molecule has 24 heavy (non-hydrogen) atoms. The summed E-state index contributed by atoms with van der Waals surface area (Å²) in [6, 6.07) is 9.36. The van der Waals surface area contributed by atoms with Crippen LogP contribution in [0, 0.1) is 5.82 Å². The minimum absolute atomic E-state index is 0.161. The normalized spacial score (nSPS) is 10.9. The second-order valence-corrected chi connectivity index (χ2v) is 5.23. The third-order valence-corrected chi connectivity index (χ3v) is 3.55. The van der Waals surface area contributed by atoms with E-state index >= 15 is 0 Å². The van der Waals surface area contributed by atoms with Crippen LogP contribution in [0.2, 0.25) is 0 Å². The largest absolute Gasteiger partial charge is 0.392 e. The Hall–Kier alpha value is -3.00. The topological polar surface area (TPSA) is 88.6 Å². The zero-order valence-corrected chi connectivity index (χ0v) is 12.6. The second-order valence-electron chi connectivity index (χ2n) is 5.23. The van der Waals surface area contributed by atoms with Crippen LogP contribution in [0.25, 0.3) is 5.65 Å². The highest BCUT2D eigenvalue weighted by Crippen LogP contribution is 2.10. The van der Waals surface area contributed by atoms with Crippen molar-refractivity contribution in [3.63, 3.8) is 0 Å². The van der Waals surface area contributed by atoms with Gasteiger partial charge in [0.05, 0.1) is 6.61 Å². The third kappa shape index (κ3) is 3.18. The zero-order valence-electron chi connectivity index (χ0n) is 12.6. The molecule has 3 aromatic rings. The minimum atomic E-state index is -0.496. The number of carbonyl (C=O) groups is 1. The number of fused-ring (bicyclic) bond motifs is 1. The van der Waals surface area contributed by atoms with Gasteiger partial charge in [-0.15, -0.1) is 5.10 Å². The molecule has 8 heteroatoms. The first kappa shape index (κ1) is 15.9. The number of hydrogen-bond donors (Lipinski definition) is 2. The molecule has 1 aromatic carbocycles. The Kier molecular flexibility index (Phi) is 4.39. The molecule has 0 aliphatic rings. The van der Waals surface area contributed by atoms with Crippen molar-refractivity contribution in [1.82, 2.24) is 19.5 Å². The molecule has 0 saturated carbocycles. The van der Waals surface area contributed by atoms with Crippen LogP contribution in [0.4, 0.5) is 4.39 Å². The van der Waals surface area contributed by atoms with Gasteiger partial charge in [0, 0.05) is 18.3 Å². The lowest BCUT2D eigenvalue weighted by Gasteiger charge is -2.07. The van der Waals surface area contributed by atoms with Crippen LogP contribution in [-0.4, -0.2) is 25.2 Å². The van der Waals surface area contributed by atoms with Crippen LogP contribution in [0.1, 0.15) is 11.1 Å². The van der Waals surface area contributed by atoms with Crippen molar-refractivity contribution in [2.75, 3.05) is 0 Å². The maximum atomic E-state index is 13.3. The fourth-order valence-electron chi connectivity index (χ4n) is 2.32. The lowest BCUT2D eigenvalue weighted by Crippen LogP contribution is -2.32. The van der Waals surface area contributed by atoms with Gasteiger partial charge in [0.2, 0.25) is 5.91 Å². The summed E-state index contributed by atoms with van der Waals surface area (Å²) < 4.78 is 15.7. The van der Waals surface area contributed by atoms with Gasteiger partial charge in [-0.1, -0.05) is 12.1 Å². The summed E-state index contributed by atoms with van der Waals surface area (Å²) in [5, 5.41) is 15.7. The van der Waals surface area contributed by atoms with E-state index in [1.54, 1.807) is 24.4 Å². The lowest BCUT2D eigenvalue weighted by atomic mass is 10.1. The van der Waals surface area contributed by atoms with Gasteiger partial charge in [0.1, 0.15) is 12.4 Å². The van der Waals surface area contributed by atoms with Gasteiger partial charge in [-0.05, 0) is 29.8 Å². The molecule has 2 N–H and O–H groups in total. The van der Waals surface area contributed by atoms with Gasteiger partial charge in [0.15, 0.2) is 5.65 Å². The lowest BCUT2D eigenvalue weighted by molar-refractivity contribution is -0.122. The number of nitrogens with one attached hydrogen (secondary N) is 1. The number of aliphatic hydroxyl groups excluding tert-OH is 1. The third-order valence-electron chi connectivity index (χ3n) is 3.55. The maximum absolute atomic E-state index is 13.3. The van der Waals surface area contributed by atoms with E-state index < -0.39 is 24.0 Å². The van der Waals surface area contributed by atoms with E-state index in [1.165, 1.54) is 22.6 Å². The summed E-state index contributed by atoms with van der Waals surface area (Å²) in [5.41, 5.74) is 0.876. The van der Waals surface area contributed by atoms with Crippen LogP contribution in [0.15, 0.2) is 47.4 Å². The highest BCUT2D eigenvalue weighted by Gasteiger charge is 2.10. The van der Waals surface area contributed by atoms with E-state index in [2.05, 4.69) is 10.4 Å². The Morgan fingerprint density at radius 2 is 2.12 bits per heavy atom. The van der Waals surface area contributed by atoms with Gasteiger partial charge in [-0.3, -0.25) is 9.20 Å². The average molecular weight is 330 g/mol. The van der Waals surface area contributed by atoms with Gasteiger partial charge in [-0.2, -0.15) is 0 Å². The van der Waals surface area contributed by atoms with Crippen molar-refractivity contribution in [2.24, 2.45) is 0 Å². The molecule has 0 aliphatic carbocycles. The van der Waals surface area contributed by atoms with E-state index in [0.29, 0.717) is 11.2 Å². The molecule has 0 unspecified atom stereocenters. The Morgan fingerprint density at radius 1 is 1.29 bits per heavy atom. The van der Waals surface area contributed by atoms with Crippen LogP contribution in [0.5, 0.6) is 0 Å². The molecule has 0 radical (unpaired) electrons. The van der Waals surface area contributed by atoms with Crippen molar-refractivity contribution < 1.29 is 14.3 Å². The summed E-state index contributed by atoms with van der Waals surface area (Å²) >= 11 is 0. The monoisotopic (exact) mass is 330 g/mol. The summed E-state index contributed by atoms with van der Waals surface area (Å²) in [6.45, 7) is -0.465. The quantitative estimate of drug-likeness (QED) is 0.711. The number of amides is 1. The first-order valence-corrected chi connectivity index (χ1v) is 7.27. The molecule has 0 aliphatic heterocycles. The van der Waals surface area contributed by atoms with E-state index in [4.69, 9.17) is 5.11 Å². The number of aromatic nitrogens is 3. The number of hydrogen-bond acceptors (Lipinski definition) is 4. The van der Waals surface area contributed by atoms with Gasteiger partial charge in [-0.25, -0.2) is 13.9 Å². The summed E-state index contributed by atoms with van der Waals surface area (Å²) in [4.78, 5) is 24.1. The minimum Gasteiger partial charge on any atom is -0.392 e. The van der Waals surface area contributed by atoms with Gasteiger partial charge in [0.25, 0.3) is 0 Å². The number of rotatable bonds is 5. The number of pyridine rings is 1. The van der Waals surface area contributed by atoms with Crippen LogP contribution in [0.3, 0.4) is 0 Å². The van der Waals surface area contributed by atoms with E-state index in [9.17, 15) is 14.0 Å². The second kappa shape index (κ2) is 6.63. The fraction of sp³-hybridized carbons (Fsp3) is 0.188. The molecule has 2 heterocycles. The van der Waals surface area contributed by atoms with Crippen molar-refractivity contribution in [2.45, 2.75) is 19.7 Å². The molecule has 0 spiro atoms. The first-order chi connectivity index (χ1) is 11.6. The van der Waals surface area contributed by atoms with Gasteiger partial charge >= 0.3 is 5.69 Å². The maximum Gasteiger partial charge on any atom is 0.350 e. The highest BCUT2D eigenvalue weighted by atomic mass is 19.1. The molecular weight excluding hydrogens is 315 g/mol. The molecule has 1 amide bonds. The first-order valence-electron chi connectivity index (χ1n) is 7.27. The molecule has 0 bridgehead atoms. The van der Waals surface area contributed by atoms with Crippen molar-refractivity contribution in [3.05, 3.63) is 70.0 Å². The Bertz CT molecular complexity index is 948. The summed E-state index contributed by atoms with van der Waals surface area (Å²) in [6.07, 6.45) is 1.58. The van der Waals surface area contributed by atoms with Crippen molar-refractivity contribution >= 4 is 11.6 Å². The SMILES string of the molecule is O=C(Cn1nc2ccccn2c1=O)NCc1ccc(F)c(CO)c1. The number of benzene rings is 1. The van der Waals surface area contributed by atoms with Crippen LogP contribution < -0.4 is 11.0 Å². The van der Waals surface area contributed by atoms with Gasteiger partial charge < -0.3 is 10.4 Å². The highest BCUT2D eigenvalue weighted by molar-refractivity contribution is 5.75. The molecule has 0 saturated heterocycles. The number of aliphatic hydroxyl groups is 1. The standard InChI is InChI=1S/C16H15FN4O3/c17-13-5-4-11(7-12(13)10-22)8-18-15(23)9-21-16(24)20-6-2-1-3-14(20)19-21/h1-7,22H,8-10H2,(H,18,23). The molecule has 3 rings (SSSR count). The molecule has 2 aromatic heterocycles. The van der Waals surface area contributed by atoms with E-state index in [1.807, 2.05) is 0 Å². The van der Waals surface area contributed by atoms with E-state index in [0.717, 1.165) is 4.68 Å². The van der Waals surface area contributed by atoms with Crippen LogP contribution in [-0.2, 0) is 24.5 Å². The molecule has 7 nitrogen and oxygen atoms in total. The Labute approximate surface area is 136 Å². The smallest absolute Gasteiger partial charge is 0.350 e. The zero-order chi connectivity index (χ0) is 17.1. The van der Waals surface area contributed by atoms with E-state index in [-0.39, 0.29) is 18.7 Å². The Balaban J connectivity index is 1.67. The van der Waals surface area contributed by atoms with Crippen molar-refractivity contribution in [3.8, 4) is 0 Å². The predicted octanol–water partition coefficient (Wildman–Crippen LogP) is 0.444. The average Bonchev–Trinajstić information content (AvgIpc) is 2.90. The number of nitrogens with zero attached hydrogens (tertiary/aromatic N) is 3. The molecular formula is C16H15FN4O3. The van der Waals surface area contributed by atoms with Crippen LogP contribution >= 0.6 is 0 Å². The Morgan fingerprint density at radius 3 is 2.88 bits per heavy atom. The summed E-state index contributed by atoms with van der Waals surface area (Å²) in [5.74, 6) is -0.890. The predicted molar refractivity (Wildman–Crippen MR) is 83.6 cm³/mol. The summed E-state index contributed by atoms with van der Waals surface area (Å²) in [7, 11) is 0.